The summed E-state index contributed by atoms with van der Waals surface area (Å²) in [5, 5.41) is 6.10. The SMILES string of the molecule is CCNC(C)(C)C(=O)Nc1ccc(Cl)c(C(=O)OC)c1. The molecule has 1 aromatic carbocycles. The number of benzene rings is 1. The number of likely N-dealkylation sites (N-methyl/N-ethyl adjacent to an activating group) is 1. The molecule has 1 aromatic rings. The maximum Gasteiger partial charge on any atom is 0.339 e. The first-order valence-electron chi connectivity index (χ1n) is 6.26. The molecular formula is C14H19ClN2O3. The number of ether oxygens (including phenoxy) is 1. The van der Waals surface area contributed by atoms with Gasteiger partial charge in [0.15, 0.2) is 0 Å². The molecule has 0 aliphatic rings. The van der Waals surface area contributed by atoms with Crippen LogP contribution in [0.1, 0.15) is 31.1 Å². The summed E-state index contributed by atoms with van der Waals surface area (Å²) < 4.78 is 4.63. The first-order chi connectivity index (χ1) is 9.31. The van der Waals surface area contributed by atoms with E-state index in [9.17, 15) is 9.59 Å². The molecule has 0 aliphatic carbocycles. The molecule has 110 valence electrons. The molecule has 0 fully saturated rings. The Kier molecular flexibility index (Phi) is 5.53. The molecule has 0 spiro atoms. The van der Waals surface area contributed by atoms with E-state index in [1.54, 1.807) is 26.0 Å². The van der Waals surface area contributed by atoms with Crippen LogP contribution in [-0.2, 0) is 9.53 Å². The van der Waals surface area contributed by atoms with E-state index in [4.69, 9.17) is 11.6 Å². The highest BCUT2D eigenvalue weighted by Gasteiger charge is 2.26. The van der Waals surface area contributed by atoms with E-state index in [2.05, 4.69) is 15.4 Å². The van der Waals surface area contributed by atoms with Crippen molar-refractivity contribution in [2.75, 3.05) is 19.0 Å². The molecule has 1 rings (SSSR count). The van der Waals surface area contributed by atoms with Crippen LogP contribution in [-0.4, -0.2) is 31.1 Å². The number of esters is 1. The zero-order chi connectivity index (χ0) is 15.3. The minimum absolute atomic E-state index is 0.197. The van der Waals surface area contributed by atoms with E-state index in [1.807, 2.05) is 6.92 Å². The molecule has 0 radical (unpaired) electrons. The topological polar surface area (TPSA) is 67.4 Å². The average Bonchev–Trinajstić information content (AvgIpc) is 2.39. The Balaban J connectivity index is 2.94. The summed E-state index contributed by atoms with van der Waals surface area (Å²) in [7, 11) is 1.28. The molecule has 0 aromatic heterocycles. The average molecular weight is 299 g/mol. The number of hydrogen-bond acceptors (Lipinski definition) is 4. The van der Waals surface area contributed by atoms with Crippen LogP contribution in [0.3, 0.4) is 0 Å². The van der Waals surface area contributed by atoms with Gasteiger partial charge in [-0.3, -0.25) is 4.79 Å². The molecule has 0 saturated carbocycles. The van der Waals surface area contributed by atoms with Gasteiger partial charge in [0.25, 0.3) is 0 Å². The van der Waals surface area contributed by atoms with Gasteiger partial charge in [0.1, 0.15) is 0 Å². The van der Waals surface area contributed by atoms with Gasteiger partial charge in [-0.05, 0) is 38.6 Å². The Morgan fingerprint density at radius 1 is 1.35 bits per heavy atom. The fourth-order valence-corrected chi connectivity index (χ4v) is 1.87. The van der Waals surface area contributed by atoms with Gasteiger partial charge < -0.3 is 15.4 Å². The third-order valence-corrected chi connectivity index (χ3v) is 3.15. The molecule has 0 unspecified atom stereocenters. The van der Waals surface area contributed by atoms with Gasteiger partial charge in [0, 0.05) is 5.69 Å². The number of methoxy groups -OCH3 is 1. The summed E-state index contributed by atoms with van der Waals surface area (Å²) in [6.07, 6.45) is 0. The van der Waals surface area contributed by atoms with Gasteiger partial charge >= 0.3 is 5.97 Å². The predicted octanol–water partition coefficient (Wildman–Crippen LogP) is 2.45. The second-order valence-corrected chi connectivity index (χ2v) is 5.20. The molecule has 0 saturated heterocycles. The lowest BCUT2D eigenvalue weighted by molar-refractivity contribution is -0.121. The quantitative estimate of drug-likeness (QED) is 0.820. The molecular weight excluding hydrogens is 280 g/mol. The van der Waals surface area contributed by atoms with Crippen LogP contribution in [0.5, 0.6) is 0 Å². The van der Waals surface area contributed by atoms with E-state index in [1.165, 1.54) is 13.2 Å². The molecule has 1 amide bonds. The molecule has 5 nitrogen and oxygen atoms in total. The fourth-order valence-electron chi connectivity index (χ4n) is 1.68. The largest absolute Gasteiger partial charge is 0.465 e. The van der Waals surface area contributed by atoms with E-state index < -0.39 is 11.5 Å². The summed E-state index contributed by atoms with van der Waals surface area (Å²) >= 11 is 5.92. The van der Waals surface area contributed by atoms with E-state index in [0.29, 0.717) is 12.2 Å². The monoisotopic (exact) mass is 298 g/mol. The summed E-state index contributed by atoms with van der Waals surface area (Å²) in [4.78, 5) is 23.7. The van der Waals surface area contributed by atoms with Crippen molar-refractivity contribution in [3.05, 3.63) is 28.8 Å². The molecule has 6 heteroatoms. The van der Waals surface area contributed by atoms with Crippen LogP contribution < -0.4 is 10.6 Å². The van der Waals surface area contributed by atoms with Crippen LogP contribution in [0.25, 0.3) is 0 Å². The third-order valence-electron chi connectivity index (χ3n) is 2.82. The van der Waals surface area contributed by atoms with Crippen molar-refractivity contribution in [3.8, 4) is 0 Å². The standard InChI is InChI=1S/C14H19ClN2O3/c1-5-16-14(2,3)13(19)17-9-6-7-11(15)10(8-9)12(18)20-4/h6-8,16H,5H2,1-4H3,(H,17,19). The summed E-state index contributed by atoms with van der Waals surface area (Å²) in [6.45, 7) is 6.16. The number of amides is 1. The Bertz CT molecular complexity index is 515. The van der Waals surface area contributed by atoms with Crippen LogP contribution in [0.2, 0.25) is 5.02 Å². The highest BCUT2D eigenvalue weighted by atomic mass is 35.5. The van der Waals surface area contributed by atoms with Crippen LogP contribution >= 0.6 is 11.6 Å². The summed E-state index contributed by atoms with van der Waals surface area (Å²) in [6, 6.07) is 4.67. The lowest BCUT2D eigenvalue weighted by Gasteiger charge is -2.24. The van der Waals surface area contributed by atoms with E-state index >= 15 is 0 Å². The van der Waals surface area contributed by atoms with Gasteiger partial charge in [-0.15, -0.1) is 0 Å². The van der Waals surface area contributed by atoms with Gasteiger partial charge in [-0.2, -0.15) is 0 Å². The first-order valence-corrected chi connectivity index (χ1v) is 6.64. The highest BCUT2D eigenvalue weighted by molar-refractivity contribution is 6.33. The Morgan fingerprint density at radius 3 is 2.55 bits per heavy atom. The minimum atomic E-state index is -0.709. The van der Waals surface area contributed by atoms with Gasteiger partial charge in [-0.1, -0.05) is 18.5 Å². The molecule has 2 N–H and O–H groups in total. The first kappa shape index (κ1) is 16.5. The summed E-state index contributed by atoms with van der Waals surface area (Å²) in [5.41, 5.74) is -0.00111. The van der Waals surface area contributed by atoms with Gasteiger partial charge in [0.05, 0.1) is 23.2 Å². The van der Waals surface area contributed by atoms with Crippen molar-refractivity contribution in [1.29, 1.82) is 0 Å². The maximum absolute atomic E-state index is 12.1. The third kappa shape index (κ3) is 3.95. The molecule has 0 bridgehead atoms. The van der Waals surface area contributed by atoms with E-state index in [-0.39, 0.29) is 16.5 Å². The number of carbonyl (C=O) groups excluding carboxylic acids is 2. The molecule has 0 atom stereocenters. The van der Waals surface area contributed by atoms with Crippen LogP contribution in [0, 0.1) is 0 Å². The van der Waals surface area contributed by atoms with Crippen LogP contribution in [0.15, 0.2) is 18.2 Å². The number of rotatable bonds is 5. The maximum atomic E-state index is 12.1. The number of anilines is 1. The molecule has 0 heterocycles. The number of hydrogen-bond donors (Lipinski definition) is 2. The second-order valence-electron chi connectivity index (χ2n) is 4.80. The Labute approximate surface area is 123 Å². The predicted molar refractivity (Wildman–Crippen MR) is 79.2 cm³/mol. The number of carbonyl (C=O) groups is 2. The molecule has 0 aliphatic heterocycles. The summed E-state index contributed by atoms with van der Waals surface area (Å²) in [5.74, 6) is -0.741. The van der Waals surface area contributed by atoms with Crippen molar-refractivity contribution in [2.45, 2.75) is 26.3 Å². The van der Waals surface area contributed by atoms with E-state index in [0.717, 1.165) is 0 Å². The zero-order valence-corrected chi connectivity index (χ0v) is 12.8. The van der Waals surface area contributed by atoms with Crippen molar-refractivity contribution < 1.29 is 14.3 Å². The lowest BCUT2D eigenvalue weighted by Crippen LogP contribution is -2.49. The Hall–Kier alpha value is -1.59. The van der Waals surface area contributed by atoms with Gasteiger partial charge in [-0.25, -0.2) is 4.79 Å². The molecule has 20 heavy (non-hydrogen) atoms. The van der Waals surface area contributed by atoms with Crippen molar-refractivity contribution in [1.82, 2.24) is 5.32 Å². The fraction of sp³-hybridized carbons (Fsp3) is 0.429. The lowest BCUT2D eigenvalue weighted by atomic mass is 10.0. The van der Waals surface area contributed by atoms with Crippen molar-refractivity contribution in [3.63, 3.8) is 0 Å². The highest BCUT2D eigenvalue weighted by Crippen LogP contribution is 2.22. The second kappa shape index (κ2) is 6.72. The van der Waals surface area contributed by atoms with Crippen molar-refractivity contribution >= 4 is 29.2 Å². The minimum Gasteiger partial charge on any atom is -0.465 e. The number of halogens is 1. The zero-order valence-electron chi connectivity index (χ0n) is 12.0. The Morgan fingerprint density at radius 2 is 2.00 bits per heavy atom. The van der Waals surface area contributed by atoms with Crippen molar-refractivity contribution in [2.24, 2.45) is 0 Å². The van der Waals surface area contributed by atoms with Crippen LogP contribution in [0.4, 0.5) is 5.69 Å². The number of nitrogens with one attached hydrogen (secondary N) is 2. The van der Waals surface area contributed by atoms with Gasteiger partial charge in [0.2, 0.25) is 5.91 Å². The smallest absolute Gasteiger partial charge is 0.339 e. The normalized spacial score (nSPS) is 11.1.